The molecule has 0 aliphatic carbocycles. The lowest BCUT2D eigenvalue weighted by Crippen LogP contribution is -2.22. The number of hydrogen-bond donors (Lipinski definition) is 2. The predicted octanol–water partition coefficient (Wildman–Crippen LogP) is 5.18. The van der Waals surface area contributed by atoms with Crippen molar-refractivity contribution in [2.75, 3.05) is 24.7 Å². The first-order valence-electron chi connectivity index (χ1n) is 11.5. The smallest absolute Gasteiger partial charge is 0.257 e. The van der Waals surface area contributed by atoms with Crippen molar-refractivity contribution in [3.8, 4) is 5.75 Å². The fourth-order valence-corrected chi connectivity index (χ4v) is 5.47. The van der Waals surface area contributed by atoms with Crippen LogP contribution in [0.3, 0.4) is 0 Å². The molecule has 3 aromatic rings. The van der Waals surface area contributed by atoms with Gasteiger partial charge in [0, 0.05) is 43.2 Å². The molecule has 1 amide bonds. The van der Waals surface area contributed by atoms with Gasteiger partial charge < -0.3 is 15.2 Å². The molecule has 0 bridgehead atoms. The van der Waals surface area contributed by atoms with Gasteiger partial charge in [0.05, 0.1) is 26.1 Å². The summed E-state index contributed by atoms with van der Waals surface area (Å²) in [7, 11) is -3.50. The van der Waals surface area contributed by atoms with E-state index in [1.807, 2.05) is 4.90 Å². The Bertz CT molecular complexity index is 1490. The molecule has 202 valence electrons. The maximum atomic E-state index is 14.4. The van der Waals surface area contributed by atoms with Crippen LogP contribution in [-0.4, -0.2) is 49.8 Å². The second-order valence-electron chi connectivity index (χ2n) is 9.06. The molecule has 1 fully saturated rings. The number of ether oxygens (including phenoxy) is 1. The molecule has 0 aromatic heterocycles. The minimum atomic E-state index is -3.50. The average Bonchev–Trinajstić information content (AvgIpc) is 3.23. The Labute approximate surface area is 232 Å². The predicted molar refractivity (Wildman–Crippen MR) is 143 cm³/mol. The molecule has 0 spiro atoms. The standard InChI is InChI=1S/C26H24BrClF2N2O5S/c1-38(35,36)20-2-3-21(23(28)10-20)26(34)31-18-7-15(6-17(29)9-18)14-37-25-11-24(30)22(27)8-16(25)12-32-5-4-19(33)13-32/h2-3,6-11,19,33H,4-5,12-14H2,1H3,(H,31,34)/t19-/m0/s1. The van der Waals surface area contributed by atoms with E-state index in [0.29, 0.717) is 37.2 Å². The molecule has 1 aliphatic heterocycles. The summed E-state index contributed by atoms with van der Waals surface area (Å²) >= 11 is 9.30. The van der Waals surface area contributed by atoms with Crippen molar-refractivity contribution in [1.29, 1.82) is 0 Å². The number of nitrogens with zero attached hydrogens (tertiary/aromatic N) is 1. The fourth-order valence-electron chi connectivity index (χ4n) is 4.10. The van der Waals surface area contributed by atoms with Crippen molar-refractivity contribution in [1.82, 2.24) is 4.90 Å². The molecule has 2 N–H and O–H groups in total. The number of hydrogen-bond acceptors (Lipinski definition) is 6. The Morgan fingerprint density at radius 2 is 1.97 bits per heavy atom. The quantitative estimate of drug-likeness (QED) is 0.357. The molecule has 1 saturated heterocycles. The lowest BCUT2D eigenvalue weighted by atomic mass is 10.1. The summed E-state index contributed by atoms with van der Waals surface area (Å²) in [6, 6.07) is 10.4. The van der Waals surface area contributed by atoms with E-state index in [2.05, 4.69) is 21.2 Å². The van der Waals surface area contributed by atoms with Crippen molar-refractivity contribution < 1.29 is 31.8 Å². The first kappa shape index (κ1) is 28.4. The summed E-state index contributed by atoms with van der Waals surface area (Å²) in [5.74, 6) is -1.53. The third kappa shape index (κ3) is 7.09. The van der Waals surface area contributed by atoms with Crippen LogP contribution in [0, 0.1) is 11.6 Å². The molecular weight excluding hydrogens is 606 g/mol. The van der Waals surface area contributed by atoms with Gasteiger partial charge in [0.2, 0.25) is 0 Å². The summed E-state index contributed by atoms with van der Waals surface area (Å²) in [6.45, 7) is 1.53. The summed E-state index contributed by atoms with van der Waals surface area (Å²) in [5.41, 5.74) is 1.22. The highest BCUT2D eigenvalue weighted by Gasteiger charge is 2.22. The Morgan fingerprint density at radius 1 is 1.21 bits per heavy atom. The Hall–Kier alpha value is -2.57. The van der Waals surface area contributed by atoms with Crippen LogP contribution in [0.2, 0.25) is 5.02 Å². The molecule has 0 unspecified atom stereocenters. The molecule has 12 heteroatoms. The highest BCUT2D eigenvalue weighted by Crippen LogP contribution is 2.30. The number of carbonyl (C=O) groups is 1. The van der Waals surface area contributed by atoms with E-state index in [9.17, 15) is 27.1 Å². The first-order chi connectivity index (χ1) is 17.9. The largest absolute Gasteiger partial charge is 0.488 e. The number of benzene rings is 3. The highest BCUT2D eigenvalue weighted by atomic mass is 79.9. The van der Waals surface area contributed by atoms with Crippen LogP contribution >= 0.6 is 27.5 Å². The number of amides is 1. The first-order valence-corrected chi connectivity index (χ1v) is 14.6. The molecular formula is C26H24BrClF2N2O5S. The molecule has 1 atom stereocenters. The van der Waals surface area contributed by atoms with Crippen LogP contribution in [0.25, 0.3) is 0 Å². The van der Waals surface area contributed by atoms with Crippen LogP contribution in [0.5, 0.6) is 5.75 Å². The van der Waals surface area contributed by atoms with E-state index < -0.39 is 33.5 Å². The van der Waals surface area contributed by atoms with E-state index in [4.69, 9.17) is 16.3 Å². The zero-order chi connectivity index (χ0) is 27.6. The number of nitrogens with one attached hydrogen (secondary N) is 1. The number of rotatable bonds is 8. The topological polar surface area (TPSA) is 95.9 Å². The van der Waals surface area contributed by atoms with Crippen molar-refractivity contribution >= 4 is 49.0 Å². The molecule has 7 nitrogen and oxygen atoms in total. The van der Waals surface area contributed by atoms with Gasteiger partial charge in [-0.1, -0.05) is 11.6 Å². The minimum Gasteiger partial charge on any atom is -0.488 e. The number of anilines is 1. The molecule has 1 heterocycles. The second-order valence-corrected chi connectivity index (χ2v) is 12.3. The van der Waals surface area contributed by atoms with Crippen LogP contribution in [0.4, 0.5) is 14.5 Å². The third-order valence-corrected chi connectivity index (χ3v) is 8.00. The number of aliphatic hydroxyl groups excluding tert-OH is 1. The van der Waals surface area contributed by atoms with Crippen LogP contribution < -0.4 is 10.1 Å². The van der Waals surface area contributed by atoms with Gasteiger partial charge in [-0.05, 0) is 70.4 Å². The molecule has 0 radical (unpaired) electrons. The summed E-state index contributed by atoms with van der Waals surface area (Å²) < 4.78 is 58.2. The van der Waals surface area contributed by atoms with E-state index in [1.165, 1.54) is 36.4 Å². The van der Waals surface area contributed by atoms with Crippen molar-refractivity contribution in [3.05, 3.63) is 86.4 Å². The van der Waals surface area contributed by atoms with E-state index in [0.717, 1.165) is 12.3 Å². The maximum Gasteiger partial charge on any atom is 0.257 e. The van der Waals surface area contributed by atoms with Crippen LogP contribution in [0.15, 0.2) is 57.9 Å². The monoisotopic (exact) mass is 628 g/mol. The minimum absolute atomic E-state index is 0.0168. The second kappa shape index (κ2) is 11.7. The van der Waals surface area contributed by atoms with Gasteiger partial charge >= 0.3 is 0 Å². The Balaban J connectivity index is 1.49. The van der Waals surface area contributed by atoms with Gasteiger partial charge in [0.1, 0.15) is 24.0 Å². The summed E-state index contributed by atoms with van der Waals surface area (Å²) in [4.78, 5) is 14.7. The van der Waals surface area contributed by atoms with Crippen molar-refractivity contribution in [3.63, 3.8) is 0 Å². The Kier molecular flexibility index (Phi) is 8.73. The van der Waals surface area contributed by atoms with Gasteiger partial charge in [0.15, 0.2) is 9.84 Å². The number of halogens is 4. The van der Waals surface area contributed by atoms with Gasteiger partial charge in [-0.15, -0.1) is 0 Å². The number of carbonyl (C=O) groups excluding carboxylic acids is 1. The van der Waals surface area contributed by atoms with Gasteiger partial charge in [-0.25, -0.2) is 17.2 Å². The van der Waals surface area contributed by atoms with Crippen molar-refractivity contribution in [2.24, 2.45) is 0 Å². The van der Waals surface area contributed by atoms with Crippen LogP contribution in [0.1, 0.15) is 27.9 Å². The Morgan fingerprint density at radius 3 is 2.63 bits per heavy atom. The molecule has 3 aromatic carbocycles. The van der Waals surface area contributed by atoms with Crippen molar-refractivity contribution in [2.45, 2.75) is 30.6 Å². The van der Waals surface area contributed by atoms with E-state index >= 15 is 0 Å². The number of aliphatic hydroxyl groups is 1. The molecule has 1 aliphatic rings. The third-order valence-electron chi connectivity index (χ3n) is 5.97. The highest BCUT2D eigenvalue weighted by molar-refractivity contribution is 9.10. The molecule has 4 rings (SSSR count). The number of sulfone groups is 1. The maximum absolute atomic E-state index is 14.4. The van der Waals surface area contributed by atoms with Gasteiger partial charge in [-0.2, -0.15) is 0 Å². The van der Waals surface area contributed by atoms with Gasteiger partial charge in [-0.3, -0.25) is 9.69 Å². The number of β-amino-alcohol motifs (C(OH)–C–C–N with tert-alkyl or cyclic N) is 1. The normalized spacial score (nSPS) is 16.0. The van der Waals surface area contributed by atoms with E-state index in [1.54, 1.807) is 6.07 Å². The number of likely N-dealkylation sites (tertiary alicyclic amines) is 1. The lowest BCUT2D eigenvalue weighted by Gasteiger charge is -2.19. The fraction of sp³-hybridized carbons (Fsp3) is 0.269. The van der Waals surface area contributed by atoms with Crippen LogP contribution in [-0.2, 0) is 23.0 Å². The molecule has 38 heavy (non-hydrogen) atoms. The summed E-state index contributed by atoms with van der Waals surface area (Å²) in [6.07, 6.45) is 1.28. The lowest BCUT2D eigenvalue weighted by molar-refractivity contribution is 0.102. The summed E-state index contributed by atoms with van der Waals surface area (Å²) in [5, 5.41) is 12.3. The van der Waals surface area contributed by atoms with Gasteiger partial charge in [0.25, 0.3) is 5.91 Å². The van der Waals surface area contributed by atoms with E-state index in [-0.39, 0.29) is 38.0 Å². The SMILES string of the molecule is CS(=O)(=O)c1ccc(C(=O)Nc2cc(F)cc(COc3cc(F)c(Br)cc3CN3CC[C@H](O)C3)c2)c(Cl)c1. The average molecular weight is 630 g/mol. The zero-order valence-electron chi connectivity index (χ0n) is 20.2. The zero-order valence-corrected chi connectivity index (χ0v) is 23.3. The molecule has 0 saturated carbocycles.